The van der Waals surface area contributed by atoms with Crippen LogP contribution >= 0.6 is 0 Å². The molecule has 2 aromatic carbocycles. The van der Waals surface area contributed by atoms with Crippen LogP contribution in [0.2, 0.25) is 0 Å². The first-order valence-corrected chi connectivity index (χ1v) is 10.4. The molecular formula is C22H25F3N4O5. The first kappa shape index (κ1) is 25.0. The van der Waals surface area contributed by atoms with Gasteiger partial charge in [-0.05, 0) is 36.2 Å². The Hall–Kier alpha value is -3.67. The van der Waals surface area contributed by atoms with Crippen molar-refractivity contribution in [1.29, 1.82) is 0 Å². The molecule has 9 nitrogen and oxygen atoms in total. The summed E-state index contributed by atoms with van der Waals surface area (Å²) in [7, 11) is 1.47. The number of benzene rings is 2. The van der Waals surface area contributed by atoms with Crippen molar-refractivity contribution in [2.45, 2.75) is 25.4 Å². The third-order valence-corrected chi connectivity index (χ3v) is 5.23. The summed E-state index contributed by atoms with van der Waals surface area (Å²) >= 11 is 0. The van der Waals surface area contributed by atoms with Crippen LogP contribution in [-0.4, -0.2) is 61.0 Å². The van der Waals surface area contributed by atoms with E-state index in [9.17, 15) is 27.9 Å². The highest BCUT2D eigenvalue weighted by Gasteiger charge is 2.32. The van der Waals surface area contributed by atoms with Gasteiger partial charge in [-0.3, -0.25) is 14.5 Å². The van der Waals surface area contributed by atoms with Crippen LogP contribution in [0.15, 0.2) is 36.4 Å². The maximum Gasteiger partial charge on any atom is 0.573 e. The number of para-hydroxylation sites is 1. The molecule has 0 spiro atoms. The number of carbonyl (C=O) groups is 2. The Bertz CT molecular complexity index is 1050. The molecule has 1 atom stereocenters. The molecule has 0 radical (unpaired) electrons. The van der Waals surface area contributed by atoms with Crippen LogP contribution in [0.25, 0.3) is 0 Å². The highest BCUT2D eigenvalue weighted by atomic mass is 19.4. The number of methoxy groups -OCH3 is 1. The summed E-state index contributed by atoms with van der Waals surface area (Å²) < 4.78 is 46.2. The lowest BCUT2D eigenvalue weighted by molar-refractivity contribution is -0.274. The monoisotopic (exact) mass is 482 g/mol. The summed E-state index contributed by atoms with van der Waals surface area (Å²) in [6, 6.07) is 8.44. The second kappa shape index (κ2) is 10.5. The third-order valence-electron chi connectivity index (χ3n) is 5.23. The fourth-order valence-electron chi connectivity index (χ4n) is 3.68. The number of aromatic hydroxyl groups is 1. The van der Waals surface area contributed by atoms with Gasteiger partial charge in [-0.25, -0.2) is 0 Å². The summed E-state index contributed by atoms with van der Waals surface area (Å²) in [5.74, 6) is -1.49. The summed E-state index contributed by atoms with van der Waals surface area (Å²) in [6.07, 6.45) is -4.25. The smallest absolute Gasteiger partial charge is 0.504 e. The van der Waals surface area contributed by atoms with E-state index in [1.165, 1.54) is 19.2 Å². The minimum absolute atomic E-state index is 0.0518. The molecule has 1 aliphatic rings. The SMILES string of the molecule is COc1ccc(CN2CC[C@@H](NC(=O)CNC(=O)c3cccc(OC(F)(F)F)c3N)C2)cc1O. The normalized spacial score (nSPS) is 16.2. The number of nitrogens with one attached hydrogen (secondary N) is 2. The van der Waals surface area contributed by atoms with E-state index < -0.39 is 29.6 Å². The minimum atomic E-state index is -4.95. The first-order valence-electron chi connectivity index (χ1n) is 10.4. The van der Waals surface area contributed by atoms with Crippen LogP contribution < -0.4 is 25.8 Å². The molecule has 12 heteroatoms. The van der Waals surface area contributed by atoms with Crippen molar-refractivity contribution in [2.24, 2.45) is 0 Å². The number of alkyl halides is 3. The van der Waals surface area contributed by atoms with Crippen molar-refractivity contribution < 1.29 is 37.3 Å². The van der Waals surface area contributed by atoms with Crippen LogP contribution in [0.5, 0.6) is 17.2 Å². The number of halogens is 3. The molecule has 1 fully saturated rings. The number of likely N-dealkylation sites (tertiary alicyclic amines) is 1. The third kappa shape index (κ3) is 6.67. The molecule has 0 aliphatic carbocycles. The number of anilines is 1. The molecule has 1 heterocycles. The highest BCUT2D eigenvalue weighted by Crippen LogP contribution is 2.30. The number of carbonyl (C=O) groups excluding carboxylic acids is 2. The first-order chi connectivity index (χ1) is 16.1. The van der Waals surface area contributed by atoms with Gasteiger partial charge in [-0.1, -0.05) is 12.1 Å². The average Bonchev–Trinajstić information content (AvgIpc) is 3.19. The van der Waals surface area contributed by atoms with Crippen LogP contribution in [0.1, 0.15) is 22.3 Å². The molecule has 0 bridgehead atoms. The number of amides is 2. The Morgan fingerprint density at radius 1 is 1.24 bits per heavy atom. The van der Waals surface area contributed by atoms with Crippen LogP contribution in [-0.2, 0) is 11.3 Å². The van der Waals surface area contributed by atoms with E-state index in [0.29, 0.717) is 25.3 Å². The molecule has 0 saturated carbocycles. The molecular weight excluding hydrogens is 457 g/mol. The number of rotatable bonds is 8. The summed E-state index contributed by atoms with van der Waals surface area (Å²) in [4.78, 5) is 26.7. The number of phenols is 1. The second-order valence-corrected chi connectivity index (χ2v) is 7.74. The standard InChI is InChI=1S/C22H25F3N4O5/c1-33-17-6-5-13(9-16(17)30)11-29-8-7-14(12-29)28-19(31)10-27-21(32)15-3-2-4-18(20(15)26)34-22(23,24)25/h2-6,9,14,30H,7-8,10-12,26H2,1H3,(H,27,32)(H,28,31)/t14-/m1/s1. The van der Waals surface area contributed by atoms with E-state index in [1.54, 1.807) is 12.1 Å². The van der Waals surface area contributed by atoms with Gasteiger partial charge in [-0.2, -0.15) is 0 Å². The fraction of sp³-hybridized carbons (Fsp3) is 0.364. The quantitative estimate of drug-likeness (QED) is 0.424. The van der Waals surface area contributed by atoms with Crippen molar-refractivity contribution in [1.82, 2.24) is 15.5 Å². The Balaban J connectivity index is 1.47. The van der Waals surface area contributed by atoms with Gasteiger partial charge in [0.15, 0.2) is 17.2 Å². The maximum absolute atomic E-state index is 12.4. The average molecular weight is 482 g/mol. The predicted octanol–water partition coefficient (Wildman–Crippen LogP) is 2.00. The molecule has 34 heavy (non-hydrogen) atoms. The van der Waals surface area contributed by atoms with Gasteiger partial charge in [0.2, 0.25) is 5.91 Å². The van der Waals surface area contributed by atoms with E-state index in [1.807, 2.05) is 6.07 Å². The van der Waals surface area contributed by atoms with Crippen LogP contribution in [0.4, 0.5) is 18.9 Å². The maximum atomic E-state index is 12.4. The topological polar surface area (TPSA) is 126 Å². The van der Waals surface area contributed by atoms with Crippen molar-refractivity contribution in [2.75, 3.05) is 32.5 Å². The molecule has 2 aromatic rings. The fourth-order valence-corrected chi connectivity index (χ4v) is 3.68. The van der Waals surface area contributed by atoms with E-state index in [4.69, 9.17) is 10.5 Å². The number of nitrogens with zero attached hydrogens (tertiary/aromatic N) is 1. The van der Waals surface area contributed by atoms with E-state index in [-0.39, 0.29) is 23.9 Å². The molecule has 184 valence electrons. The van der Waals surface area contributed by atoms with E-state index in [2.05, 4.69) is 20.3 Å². The Labute approximate surface area is 193 Å². The van der Waals surface area contributed by atoms with Gasteiger partial charge in [-0.15, -0.1) is 13.2 Å². The molecule has 1 saturated heterocycles. The van der Waals surface area contributed by atoms with E-state index >= 15 is 0 Å². The molecule has 1 aliphatic heterocycles. The highest BCUT2D eigenvalue weighted by molar-refractivity contribution is 6.01. The van der Waals surface area contributed by atoms with Crippen molar-refractivity contribution in [3.05, 3.63) is 47.5 Å². The lowest BCUT2D eigenvalue weighted by Crippen LogP contribution is -2.43. The number of nitrogens with two attached hydrogens (primary N) is 1. The molecule has 2 amide bonds. The number of nitrogen functional groups attached to an aromatic ring is 1. The summed E-state index contributed by atoms with van der Waals surface area (Å²) in [5.41, 5.74) is 5.80. The van der Waals surface area contributed by atoms with Gasteiger partial charge in [0, 0.05) is 25.7 Å². The minimum Gasteiger partial charge on any atom is -0.504 e. The molecule has 5 N–H and O–H groups in total. The Kier molecular flexibility index (Phi) is 7.72. The van der Waals surface area contributed by atoms with Crippen LogP contribution in [0.3, 0.4) is 0 Å². The number of phenolic OH excluding ortho intramolecular Hbond substituents is 1. The van der Waals surface area contributed by atoms with Gasteiger partial charge >= 0.3 is 6.36 Å². The van der Waals surface area contributed by atoms with Gasteiger partial charge in [0.25, 0.3) is 5.91 Å². The zero-order valence-electron chi connectivity index (χ0n) is 18.3. The van der Waals surface area contributed by atoms with Crippen molar-refractivity contribution in [3.63, 3.8) is 0 Å². The van der Waals surface area contributed by atoms with Gasteiger partial charge in [0.05, 0.1) is 24.9 Å². The van der Waals surface area contributed by atoms with Gasteiger partial charge < -0.3 is 30.9 Å². The lowest BCUT2D eigenvalue weighted by atomic mass is 10.1. The zero-order chi connectivity index (χ0) is 24.9. The van der Waals surface area contributed by atoms with Crippen LogP contribution in [0, 0.1) is 0 Å². The number of hydrogen-bond acceptors (Lipinski definition) is 7. The lowest BCUT2D eigenvalue weighted by Gasteiger charge is -2.17. The summed E-state index contributed by atoms with van der Waals surface area (Å²) in [6.45, 7) is 1.52. The molecule has 0 unspecified atom stereocenters. The van der Waals surface area contributed by atoms with Crippen molar-refractivity contribution >= 4 is 17.5 Å². The predicted molar refractivity (Wildman–Crippen MR) is 116 cm³/mol. The molecule has 3 rings (SSSR count). The largest absolute Gasteiger partial charge is 0.573 e. The Morgan fingerprint density at radius 3 is 2.68 bits per heavy atom. The second-order valence-electron chi connectivity index (χ2n) is 7.74. The number of ether oxygens (including phenoxy) is 2. The van der Waals surface area contributed by atoms with E-state index in [0.717, 1.165) is 18.2 Å². The van der Waals surface area contributed by atoms with Gasteiger partial charge in [0.1, 0.15) is 0 Å². The Morgan fingerprint density at radius 2 is 2.00 bits per heavy atom. The zero-order valence-corrected chi connectivity index (χ0v) is 18.3. The summed E-state index contributed by atoms with van der Waals surface area (Å²) in [5, 5.41) is 15.1. The van der Waals surface area contributed by atoms with Crippen molar-refractivity contribution in [3.8, 4) is 17.2 Å². The number of hydrogen-bond donors (Lipinski definition) is 4. The molecule has 0 aromatic heterocycles.